The van der Waals surface area contributed by atoms with Gasteiger partial charge in [0.1, 0.15) is 5.75 Å². The molecular weight excluding hydrogens is 248 g/mol. The Labute approximate surface area is 109 Å². The molecule has 0 saturated carbocycles. The third-order valence-corrected chi connectivity index (χ3v) is 2.46. The van der Waals surface area contributed by atoms with Gasteiger partial charge in [0.15, 0.2) is 5.82 Å². The van der Waals surface area contributed by atoms with E-state index in [1.165, 1.54) is 19.2 Å². The number of benzene rings is 1. The van der Waals surface area contributed by atoms with Gasteiger partial charge in [-0.3, -0.25) is 10.1 Å². The van der Waals surface area contributed by atoms with Crippen LogP contribution in [0.3, 0.4) is 0 Å². The highest BCUT2D eigenvalue weighted by molar-refractivity contribution is 5.66. The van der Waals surface area contributed by atoms with Gasteiger partial charge in [-0.1, -0.05) is 0 Å². The number of nitrogens with zero attached hydrogens (tertiary/aromatic N) is 3. The number of aryl methyl sites for hydroxylation is 1. The lowest BCUT2D eigenvalue weighted by atomic mass is 10.2. The summed E-state index contributed by atoms with van der Waals surface area (Å²) in [5.74, 6) is 0.911. The largest absolute Gasteiger partial charge is 0.494 e. The predicted molar refractivity (Wildman–Crippen MR) is 69.7 cm³/mol. The number of hydrogen-bond donors (Lipinski definition) is 1. The van der Waals surface area contributed by atoms with E-state index >= 15 is 0 Å². The van der Waals surface area contributed by atoms with E-state index in [2.05, 4.69) is 15.5 Å². The van der Waals surface area contributed by atoms with Gasteiger partial charge < -0.3 is 10.1 Å². The number of ether oxygens (including phenoxy) is 1. The van der Waals surface area contributed by atoms with Gasteiger partial charge >= 0.3 is 0 Å². The first kappa shape index (κ1) is 12.7. The van der Waals surface area contributed by atoms with E-state index < -0.39 is 4.92 Å². The maximum absolute atomic E-state index is 10.7. The second-order valence-electron chi connectivity index (χ2n) is 3.83. The summed E-state index contributed by atoms with van der Waals surface area (Å²) >= 11 is 0. The molecule has 7 nitrogen and oxygen atoms in total. The normalized spacial score (nSPS) is 10.0. The number of nitrogens with one attached hydrogen (secondary N) is 1. The Hall–Kier alpha value is -2.70. The summed E-state index contributed by atoms with van der Waals surface area (Å²) in [5, 5.41) is 21.5. The Bertz CT molecular complexity index is 598. The van der Waals surface area contributed by atoms with Gasteiger partial charge in [0.2, 0.25) is 0 Å². The van der Waals surface area contributed by atoms with Gasteiger partial charge in [-0.25, -0.2) is 0 Å². The van der Waals surface area contributed by atoms with E-state index in [0.717, 1.165) is 5.69 Å². The second-order valence-corrected chi connectivity index (χ2v) is 3.83. The van der Waals surface area contributed by atoms with Crippen LogP contribution in [0.25, 0.3) is 0 Å². The van der Waals surface area contributed by atoms with Crippen molar-refractivity contribution in [3.63, 3.8) is 0 Å². The van der Waals surface area contributed by atoms with Crippen LogP contribution < -0.4 is 10.1 Å². The summed E-state index contributed by atoms with van der Waals surface area (Å²) in [6, 6.07) is 7.89. The highest BCUT2D eigenvalue weighted by Crippen LogP contribution is 2.30. The van der Waals surface area contributed by atoms with Crippen LogP contribution in [0.1, 0.15) is 5.69 Å². The maximum Gasteiger partial charge on any atom is 0.273 e. The van der Waals surface area contributed by atoms with Gasteiger partial charge in [-0.15, -0.1) is 5.10 Å². The minimum Gasteiger partial charge on any atom is -0.494 e. The summed E-state index contributed by atoms with van der Waals surface area (Å²) in [7, 11) is 1.45. The number of nitro benzene ring substituents is 1. The maximum atomic E-state index is 10.7. The van der Waals surface area contributed by atoms with Gasteiger partial charge in [0, 0.05) is 6.07 Å². The zero-order valence-corrected chi connectivity index (χ0v) is 10.5. The molecule has 1 aromatic carbocycles. The van der Waals surface area contributed by atoms with E-state index in [1.54, 1.807) is 12.1 Å². The lowest BCUT2D eigenvalue weighted by molar-refractivity contribution is -0.384. The summed E-state index contributed by atoms with van der Waals surface area (Å²) in [4.78, 5) is 10.2. The summed E-state index contributed by atoms with van der Waals surface area (Å²) in [6.45, 7) is 1.84. The van der Waals surface area contributed by atoms with Crippen LogP contribution in [0.2, 0.25) is 0 Å². The number of methoxy groups -OCH3 is 1. The first-order valence-electron chi connectivity index (χ1n) is 5.50. The quantitative estimate of drug-likeness (QED) is 0.670. The van der Waals surface area contributed by atoms with Crippen LogP contribution in [-0.4, -0.2) is 22.2 Å². The Morgan fingerprint density at radius 3 is 2.63 bits per heavy atom. The molecule has 0 radical (unpaired) electrons. The number of aromatic nitrogens is 2. The highest BCUT2D eigenvalue weighted by Gasteiger charge is 2.11. The zero-order chi connectivity index (χ0) is 13.8. The third-order valence-electron chi connectivity index (χ3n) is 2.46. The van der Waals surface area contributed by atoms with E-state index in [0.29, 0.717) is 17.3 Å². The SMILES string of the molecule is COc1cc([N+](=O)[O-])ccc1Nc1ccc(C)nn1. The molecular formula is C12H12N4O3. The van der Waals surface area contributed by atoms with Crippen LogP contribution >= 0.6 is 0 Å². The molecule has 1 heterocycles. The Morgan fingerprint density at radius 1 is 1.26 bits per heavy atom. The van der Waals surface area contributed by atoms with Crippen molar-refractivity contribution in [3.05, 3.63) is 46.1 Å². The van der Waals surface area contributed by atoms with Crippen molar-refractivity contribution in [2.45, 2.75) is 6.92 Å². The second kappa shape index (κ2) is 5.30. The molecule has 0 atom stereocenters. The number of anilines is 2. The molecule has 0 spiro atoms. The third kappa shape index (κ3) is 2.95. The topological polar surface area (TPSA) is 90.2 Å². The Kier molecular flexibility index (Phi) is 3.56. The van der Waals surface area contributed by atoms with Crippen molar-refractivity contribution in [2.75, 3.05) is 12.4 Å². The number of nitro groups is 1. The highest BCUT2D eigenvalue weighted by atomic mass is 16.6. The molecule has 1 N–H and O–H groups in total. The minimum absolute atomic E-state index is 0.0302. The summed E-state index contributed by atoms with van der Waals surface area (Å²) in [5.41, 5.74) is 1.37. The van der Waals surface area contributed by atoms with E-state index in [1.807, 2.05) is 13.0 Å². The molecule has 0 unspecified atom stereocenters. The smallest absolute Gasteiger partial charge is 0.273 e. The van der Waals surface area contributed by atoms with E-state index in [-0.39, 0.29) is 5.69 Å². The molecule has 0 aliphatic heterocycles. The molecule has 1 aromatic heterocycles. The molecule has 0 bridgehead atoms. The van der Waals surface area contributed by atoms with Crippen molar-refractivity contribution in [1.29, 1.82) is 0 Å². The van der Waals surface area contributed by atoms with Gasteiger partial charge in [0.05, 0.1) is 29.5 Å². The number of non-ortho nitro benzene ring substituents is 1. The van der Waals surface area contributed by atoms with Crippen LogP contribution in [0.15, 0.2) is 30.3 Å². The average Bonchev–Trinajstić information content (AvgIpc) is 2.41. The van der Waals surface area contributed by atoms with Gasteiger partial charge in [-0.2, -0.15) is 5.10 Å². The minimum atomic E-state index is -0.474. The average molecular weight is 260 g/mol. The number of rotatable bonds is 4. The zero-order valence-electron chi connectivity index (χ0n) is 10.5. The lowest BCUT2D eigenvalue weighted by Crippen LogP contribution is -1.99. The molecule has 7 heteroatoms. The molecule has 0 saturated heterocycles. The molecule has 2 aromatic rings. The molecule has 19 heavy (non-hydrogen) atoms. The molecule has 0 aliphatic carbocycles. The first-order valence-corrected chi connectivity index (χ1v) is 5.50. The fourth-order valence-corrected chi connectivity index (χ4v) is 1.50. The first-order chi connectivity index (χ1) is 9.10. The van der Waals surface area contributed by atoms with Crippen LogP contribution in [0.5, 0.6) is 5.75 Å². The van der Waals surface area contributed by atoms with E-state index in [9.17, 15) is 10.1 Å². The fourth-order valence-electron chi connectivity index (χ4n) is 1.50. The monoisotopic (exact) mass is 260 g/mol. The van der Waals surface area contributed by atoms with Crippen molar-refractivity contribution in [3.8, 4) is 5.75 Å². The molecule has 0 amide bonds. The fraction of sp³-hybridized carbons (Fsp3) is 0.167. The van der Waals surface area contributed by atoms with Crippen LogP contribution in [0, 0.1) is 17.0 Å². The van der Waals surface area contributed by atoms with Crippen molar-refractivity contribution >= 4 is 17.2 Å². The van der Waals surface area contributed by atoms with Gasteiger partial charge in [0.25, 0.3) is 5.69 Å². The summed E-state index contributed by atoms with van der Waals surface area (Å²) < 4.78 is 5.12. The van der Waals surface area contributed by atoms with Crippen molar-refractivity contribution < 1.29 is 9.66 Å². The van der Waals surface area contributed by atoms with Gasteiger partial charge in [-0.05, 0) is 25.1 Å². The molecule has 0 aliphatic rings. The Balaban J connectivity index is 2.29. The van der Waals surface area contributed by atoms with Crippen molar-refractivity contribution in [2.24, 2.45) is 0 Å². The Morgan fingerprint density at radius 2 is 2.05 bits per heavy atom. The van der Waals surface area contributed by atoms with Crippen LogP contribution in [0.4, 0.5) is 17.2 Å². The molecule has 2 rings (SSSR count). The van der Waals surface area contributed by atoms with Crippen LogP contribution in [-0.2, 0) is 0 Å². The standard InChI is InChI=1S/C12H12N4O3/c1-8-3-6-12(15-14-8)13-10-5-4-9(16(17)18)7-11(10)19-2/h3-7H,1-2H3,(H,13,15). The van der Waals surface area contributed by atoms with E-state index in [4.69, 9.17) is 4.74 Å². The predicted octanol–water partition coefficient (Wildman–Crippen LogP) is 2.45. The molecule has 0 fully saturated rings. The lowest BCUT2D eigenvalue weighted by Gasteiger charge is -2.09. The summed E-state index contributed by atoms with van der Waals surface area (Å²) in [6.07, 6.45) is 0. The molecule has 98 valence electrons. The number of hydrogen-bond acceptors (Lipinski definition) is 6. The van der Waals surface area contributed by atoms with Crippen molar-refractivity contribution in [1.82, 2.24) is 10.2 Å².